The predicted octanol–water partition coefficient (Wildman–Crippen LogP) is -9.17. The number of carbonyl (C=O) groups excluding carboxylic acids is 4. The minimum Gasteiger partial charge on any atom is -0.754 e. The quantitative estimate of drug-likeness (QED) is 0.0451. The Morgan fingerprint density at radius 2 is 1.32 bits per heavy atom. The monoisotopic (exact) mass is 1030 g/mol. The van der Waals surface area contributed by atoms with Crippen LogP contribution in [0.2, 0.25) is 0 Å². The second-order valence-electron chi connectivity index (χ2n) is 12.5. The molecule has 0 amide bonds. The van der Waals surface area contributed by atoms with Gasteiger partial charge in [-0.1, -0.05) is 41.2 Å². The molecule has 5 aromatic carbocycles. The van der Waals surface area contributed by atoms with Crippen molar-refractivity contribution < 1.29 is 181 Å². The van der Waals surface area contributed by atoms with Gasteiger partial charge >= 0.3 is 152 Å². The molecule has 2 heterocycles. The van der Waals surface area contributed by atoms with Crippen molar-refractivity contribution in [2.75, 3.05) is 16.0 Å². The smallest absolute Gasteiger partial charge is 0.754 e. The molecule has 0 saturated carbocycles. The first-order chi connectivity index (χ1) is 30.9. The second-order valence-corrected chi connectivity index (χ2v) is 14.7. The van der Waals surface area contributed by atoms with E-state index in [1.165, 1.54) is 23.7 Å². The van der Waals surface area contributed by atoms with Gasteiger partial charge in [0.1, 0.15) is 5.78 Å². The molecule has 22 nitrogen and oxygen atoms in total. The number of ketones is 2. The first-order valence-corrected chi connectivity index (χ1v) is 20.9. The Balaban J connectivity index is 0.00000145. The fourth-order valence-electron chi connectivity index (χ4n) is 6.35. The number of benzene rings is 5. The van der Waals surface area contributed by atoms with Gasteiger partial charge in [-0.15, -0.1) is 37.4 Å². The maximum absolute atomic E-state index is 14.3. The van der Waals surface area contributed by atoms with E-state index in [-0.39, 0.29) is 176 Å². The van der Waals surface area contributed by atoms with Gasteiger partial charge in [-0.3, -0.25) is 18.0 Å². The Labute approximate surface area is 481 Å². The number of para-hydroxylation sites is 1. The van der Waals surface area contributed by atoms with E-state index in [1.54, 1.807) is 78.9 Å². The number of aromatic nitrogens is 4. The molecule has 0 fully saturated rings. The van der Waals surface area contributed by atoms with Crippen LogP contribution in [0.25, 0.3) is 22.0 Å². The molecule has 1 aliphatic carbocycles. The van der Waals surface area contributed by atoms with Gasteiger partial charge in [-0.05, 0) is 28.3 Å². The van der Waals surface area contributed by atoms with Gasteiger partial charge in [-0.25, -0.2) is 0 Å². The number of aryl methyl sites for hydroxylation is 1. The van der Waals surface area contributed by atoms with Crippen LogP contribution in [0.1, 0.15) is 31.8 Å². The molecule has 4 N–H and O–H groups in total. The molecule has 8 rings (SSSR count). The zero-order valence-electron chi connectivity index (χ0n) is 36.4. The van der Waals surface area contributed by atoms with Crippen molar-refractivity contribution in [3.63, 3.8) is 0 Å². The molecular weight excluding hydrogens is 1010 g/mol. The minimum absolute atomic E-state index is 0. The van der Waals surface area contributed by atoms with E-state index in [4.69, 9.17) is 34.8 Å². The van der Waals surface area contributed by atoms with E-state index in [0.29, 0.717) is 27.7 Å². The number of rotatable bonds is 9. The first-order valence-electron chi connectivity index (χ1n) is 17.5. The number of pyridine rings is 1. The maximum Gasteiger partial charge on any atom is 1.00 e. The topological polar surface area (TPSA) is 345 Å². The van der Waals surface area contributed by atoms with Crippen LogP contribution in [0.4, 0.5) is 34.6 Å². The van der Waals surface area contributed by atoms with Crippen molar-refractivity contribution in [2.24, 2.45) is 7.05 Å². The molecule has 1 aliphatic rings. The Kier molecular flexibility index (Phi) is 25.6. The van der Waals surface area contributed by atoms with Crippen molar-refractivity contribution in [3.05, 3.63) is 148 Å². The van der Waals surface area contributed by atoms with Crippen molar-refractivity contribution in [1.29, 1.82) is 0 Å². The van der Waals surface area contributed by atoms with Crippen LogP contribution < -0.4 is 140 Å². The predicted molar refractivity (Wildman–Crippen MR) is 221 cm³/mol. The van der Waals surface area contributed by atoms with Crippen LogP contribution in [-0.2, 0) is 48.0 Å². The van der Waals surface area contributed by atoms with Gasteiger partial charge in [0, 0.05) is 29.2 Å². The number of nitrogens with zero attached hydrogens (tertiary/aromatic N) is 4. The van der Waals surface area contributed by atoms with E-state index < -0.39 is 59.4 Å². The number of hydrogen-bond acceptors (Lipinski definition) is 21. The number of nitrogens with one attached hydrogen (secondary N) is 3. The van der Waals surface area contributed by atoms with E-state index in [9.17, 15) is 32.5 Å². The van der Waals surface area contributed by atoms with Crippen molar-refractivity contribution in [1.82, 2.24) is 19.5 Å². The van der Waals surface area contributed by atoms with E-state index in [1.807, 2.05) is 0 Å². The van der Waals surface area contributed by atoms with Gasteiger partial charge < -0.3 is 35.0 Å². The number of hydrogen-bond donors (Lipinski definition) is 4. The third-order valence-corrected chi connectivity index (χ3v) is 9.58. The molecule has 0 atom stereocenters. The number of aromatic hydroxyl groups is 1. The Morgan fingerprint density at radius 3 is 1.88 bits per heavy atom. The van der Waals surface area contributed by atoms with Crippen LogP contribution in [0.5, 0.6) is 6.01 Å². The number of anilines is 6. The largest absolute Gasteiger partial charge is 1.00 e. The molecule has 29 heteroatoms. The molecule has 0 aliphatic heterocycles. The molecule has 0 saturated heterocycles. The Hall–Kier alpha value is -4.61. The summed E-state index contributed by atoms with van der Waals surface area (Å²) >= 11 is 0. The van der Waals surface area contributed by atoms with Gasteiger partial charge in [0.05, 0.1) is 26.8 Å². The zero-order chi connectivity index (χ0) is 47.6. The normalized spacial score (nSPS) is 10.1. The molecule has 69 heavy (non-hydrogen) atoms. The van der Waals surface area contributed by atoms with Gasteiger partial charge in [0.2, 0.25) is 11.9 Å². The average Bonchev–Trinajstić information content (AvgIpc) is 3.24. The number of fused-ring (bicyclic) bond motifs is 2. The van der Waals surface area contributed by atoms with Crippen LogP contribution in [-0.4, -0.2) is 80.6 Å². The second kappa shape index (κ2) is 28.3. The van der Waals surface area contributed by atoms with E-state index >= 15 is 0 Å². The average molecular weight is 1030 g/mol. The van der Waals surface area contributed by atoms with Crippen LogP contribution in [0.3, 0.4) is 0 Å². The summed E-state index contributed by atoms with van der Waals surface area (Å²) in [5.41, 5.74) is 1.59. The molecular formula is C40H23N7Na4O15S3. The number of carbonyl (C=O) groups is 2. The summed E-state index contributed by atoms with van der Waals surface area (Å²) in [7, 11) is -9.79. The standard InChI is InChI=1S/C39H24N7O7S.CO2.4Na.2O3S/c1-46-28-18-17-26(31-32(28)30(24-14-8-9-15-25(24)35(31)48)33(36(46)49)34(47)21-10-4-2-5-11-21)40-23-16-19-29(54(51,52)53)27(20-23)42-38-43-37(44-39(50)45-38)41-22-12-6-3-7-13-22;2-1-3;;;;;2*1-4(2)3/h2-4,6-12,14-15,17-20,40H,1H3,(H,51,52,53)(H3,41,42,43,44,45,50);;;;;;;/q-3;;4*+1;;/p-1. The molecule has 0 bridgehead atoms. The fourth-order valence-corrected chi connectivity index (χ4v) is 6.94. The van der Waals surface area contributed by atoms with Crippen LogP contribution >= 0.6 is 0 Å². The zero-order valence-corrected chi connectivity index (χ0v) is 46.9. The van der Waals surface area contributed by atoms with Gasteiger partial charge in [0.15, 0.2) is 5.78 Å². The fraction of sp³-hybridized carbons (Fsp3) is 0.0250. The molecule has 0 spiro atoms. The Morgan fingerprint density at radius 1 is 0.725 bits per heavy atom. The van der Waals surface area contributed by atoms with E-state index in [2.05, 4.69) is 49.1 Å². The first kappa shape index (κ1) is 62.4. The summed E-state index contributed by atoms with van der Waals surface area (Å²) in [5.74, 6) is -1.36. The van der Waals surface area contributed by atoms with Crippen molar-refractivity contribution >= 4 is 94.6 Å². The molecule has 0 unspecified atom stereocenters. The third-order valence-electron chi connectivity index (χ3n) is 8.70. The SMILES string of the molecule is Cn1c(=O)c(C(=O)c2c[c-]ccc2)c2c3c(c(Nc4[c-]cc(S(=O)(=O)[O-])c(Nc5nc(O)nc(Nc6[c-]cccc6)n5)c4)ccc31)C(=O)c1ccccc1-2.O=C=O.O=S(=O)=O.O=S(=O)=O.[Na+].[Na+].[Na+].[Na+]. The van der Waals surface area contributed by atoms with Crippen molar-refractivity contribution in [2.45, 2.75) is 4.90 Å². The maximum atomic E-state index is 14.3. The minimum atomic E-state index is -5.08. The summed E-state index contributed by atoms with van der Waals surface area (Å²) < 4.78 is 89.0. The van der Waals surface area contributed by atoms with Gasteiger partial charge in [0.25, 0.3) is 5.56 Å². The summed E-state index contributed by atoms with van der Waals surface area (Å²) in [6.45, 7) is 0. The summed E-state index contributed by atoms with van der Waals surface area (Å²) in [5, 5.41) is 19.2. The van der Waals surface area contributed by atoms with E-state index in [0.717, 1.165) is 6.07 Å². The van der Waals surface area contributed by atoms with Crippen molar-refractivity contribution in [3.8, 4) is 17.1 Å². The van der Waals surface area contributed by atoms with Crippen LogP contribution in [0.15, 0.2) is 107 Å². The molecule has 7 aromatic rings. The third kappa shape index (κ3) is 15.9. The summed E-state index contributed by atoms with van der Waals surface area (Å²) in [6.07, 6.45) is 0.250. The molecule has 2 aromatic heterocycles. The Bertz CT molecular complexity index is 3440. The summed E-state index contributed by atoms with van der Waals surface area (Å²) in [6, 6.07) is 33.0. The van der Waals surface area contributed by atoms with Gasteiger partial charge in [-0.2, -0.15) is 91.3 Å². The molecule has 0 radical (unpaired) electrons. The molecule has 330 valence electrons. The summed E-state index contributed by atoms with van der Waals surface area (Å²) in [4.78, 5) is 69.6. The van der Waals surface area contributed by atoms with Crippen LogP contribution in [0, 0.1) is 18.2 Å².